The van der Waals surface area contributed by atoms with Gasteiger partial charge < -0.3 is 26.0 Å². The molecule has 0 fully saturated rings. The molecule has 0 aromatic heterocycles. The lowest BCUT2D eigenvalue weighted by Gasteiger charge is -2.30. The summed E-state index contributed by atoms with van der Waals surface area (Å²) in [5, 5.41) is 18.1. The summed E-state index contributed by atoms with van der Waals surface area (Å²) in [4.78, 5) is 52.3. The van der Waals surface area contributed by atoms with E-state index >= 15 is 0 Å². The number of carbonyl (C=O) groups is 4. The van der Waals surface area contributed by atoms with Gasteiger partial charge in [0.15, 0.2) is 0 Å². The van der Waals surface area contributed by atoms with Gasteiger partial charge in [-0.2, -0.15) is 0 Å². The van der Waals surface area contributed by atoms with E-state index in [-0.39, 0.29) is 40.6 Å². The van der Waals surface area contributed by atoms with Gasteiger partial charge in [-0.3, -0.25) is 9.59 Å². The number of amides is 4. The summed E-state index contributed by atoms with van der Waals surface area (Å²) in [7, 11) is 0. The van der Waals surface area contributed by atoms with Crippen LogP contribution in [0.15, 0.2) is 54.6 Å². The van der Waals surface area contributed by atoms with Crippen molar-refractivity contribution < 1.29 is 24.3 Å². The molecule has 4 amide bonds. The molecule has 1 heterocycles. The molecule has 3 aromatic carbocycles. The van der Waals surface area contributed by atoms with Crippen LogP contribution >= 0.6 is 34.8 Å². The molecule has 0 radical (unpaired) electrons. The van der Waals surface area contributed by atoms with Gasteiger partial charge in [0.25, 0.3) is 11.8 Å². The zero-order chi connectivity index (χ0) is 30.0. The zero-order valence-electron chi connectivity index (χ0n) is 22.3. The number of aryl methyl sites for hydroxylation is 1. The van der Waals surface area contributed by atoms with Gasteiger partial charge in [-0.15, -0.1) is 0 Å². The largest absolute Gasteiger partial charge is 0.480 e. The molecule has 12 heteroatoms. The highest BCUT2D eigenvalue weighted by Gasteiger charge is 2.30. The van der Waals surface area contributed by atoms with E-state index in [1.165, 1.54) is 0 Å². The summed E-state index contributed by atoms with van der Waals surface area (Å²) >= 11 is 19.1. The van der Waals surface area contributed by atoms with Crippen LogP contribution < -0.4 is 16.0 Å². The Morgan fingerprint density at radius 3 is 2.52 bits per heavy atom. The highest BCUT2D eigenvalue weighted by Crippen LogP contribution is 2.35. The Kier molecular flexibility index (Phi) is 8.91. The van der Waals surface area contributed by atoms with Crippen molar-refractivity contribution in [3.8, 4) is 0 Å². The zero-order valence-corrected chi connectivity index (χ0v) is 24.5. The van der Waals surface area contributed by atoms with Crippen LogP contribution in [0, 0.1) is 0 Å². The number of nitrogens with one attached hydrogen (secondary N) is 3. The summed E-state index contributed by atoms with van der Waals surface area (Å²) in [6, 6.07) is 13.9. The van der Waals surface area contributed by atoms with E-state index in [1.54, 1.807) is 35.2 Å². The molecule has 9 nitrogen and oxygen atoms in total. The van der Waals surface area contributed by atoms with E-state index in [4.69, 9.17) is 34.8 Å². The number of rotatable bonds is 7. The topological polar surface area (TPSA) is 128 Å². The third kappa shape index (κ3) is 6.33. The number of aliphatic carboxylic acids is 1. The van der Waals surface area contributed by atoms with Crippen molar-refractivity contribution in [2.45, 2.75) is 37.9 Å². The third-order valence-electron chi connectivity index (χ3n) is 7.50. The van der Waals surface area contributed by atoms with Crippen LogP contribution in [0.1, 0.15) is 55.4 Å². The van der Waals surface area contributed by atoms with Crippen LogP contribution in [0.3, 0.4) is 0 Å². The molecule has 1 aliphatic heterocycles. The number of carboxylic acid groups (broad SMARTS) is 1. The lowest BCUT2D eigenvalue weighted by molar-refractivity contribution is -0.139. The monoisotopic (exact) mass is 628 g/mol. The maximum atomic E-state index is 13.2. The smallest absolute Gasteiger partial charge is 0.328 e. The van der Waals surface area contributed by atoms with Gasteiger partial charge in [0.05, 0.1) is 28.2 Å². The first-order valence-electron chi connectivity index (χ1n) is 13.3. The Morgan fingerprint density at radius 1 is 0.976 bits per heavy atom. The number of hydrogen-bond acceptors (Lipinski definition) is 4. The molecule has 5 rings (SSSR count). The van der Waals surface area contributed by atoms with E-state index in [0.29, 0.717) is 34.7 Å². The highest BCUT2D eigenvalue weighted by atomic mass is 35.5. The average Bonchev–Trinajstić information content (AvgIpc) is 3.36. The number of urea groups is 1. The maximum Gasteiger partial charge on any atom is 0.328 e. The molecule has 0 unspecified atom stereocenters. The van der Waals surface area contributed by atoms with Crippen LogP contribution in [-0.2, 0) is 24.2 Å². The Bertz CT molecular complexity index is 1580. The summed E-state index contributed by atoms with van der Waals surface area (Å²) in [6.45, 7) is 0.218. The number of carbonyl (C=O) groups excluding carboxylic acids is 3. The first-order chi connectivity index (χ1) is 20.1. The Morgan fingerprint density at radius 2 is 1.76 bits per heavy atom. The average molecular weight is 630 g/mol. The van der Waals surface area contributed by atoms with Crippen LogP contribution in [0.4, 0.5) is 4.79 Å². The predicted octanol–water partition coefficient (Wildman–Crippen LogP) is 5.02. The summed E-state index contributed by atoms with van der Waals surface area (Å²) in [6.07, 6.45) is 1.95. The SMILES string of the molecule is O=C(NC[C@H](NC(=O)c1c(Cl)cc2c(c1Cl)CCN(C(=O)c1cccc(Cl)c1)C2)C(=O)O)N[C@@H]1CCc2ccccc21. The van der Waals surface area contributed by atoms with Gasteiger partial charge in [0.2, 0.25) is 0 Å². The standard InChI is InChI=1S/C30H27Cl3N4O5/c31-19-6-3-5-17(12-19)28(39)37-11-10-21-18(15-37)13-22(32)25(26(21)33)27(38)35-24(29(40)41)14-34-30(42)36-23-9-8-16-4-1-2-7-20(16)23/h1-7,12-13,23-24H,8-11,14-15H2,(H,35,38)(H,40,41)(H2,34,36,42)/t23-,24+/m1/s1. The maximum absolute atomic E-state index is 13.2. The van der Waals surface area contributed by atoms with Crippen molar-refractivity contribution in [1.82, 2.24) is 20.9 Å². The van der Waals surface area contributed by atoms with Crippen molar-refractivity contribution in [1.29, 1.82) is 0 Å². The second kappa shape index (κ2) is 12.6. The second-order valence-electron chi connectivity index (χ2n) is 10.2. The molecule has 3 aromatic rings. The van der Waals surface area contributed by atoms with Crippen LogP contribution in [0.5, 0.6) is 0 Å². The van der Waals surface area contributed by atoms with Gasteiger partial charge in [-0.05, 0) is 65.8 Å². The van der Waals surface area contributed by atoms with Gasteiger partial charge in [0, 0.05) is 23.7 Å². The Labute approximate surface area is 257 Å². The van der Waals surface area contributed by atoms with E-state index in [0.717, 1.165) is 24.0 Å². The number of halogens is 3. The molecule has 0 saturated heterocycles. The lowest BCUT2D eigenvalue weighted by atomic mass is 9.96. The van der Waals surface area contributed by atoms with Crippen molar-refractivity contribution in [3.05, 3.63) is 103 Å². The Balaban J connectivity index is 1.23. The number of benzene rings is 3. The molecule has 1 aliphatic carbocycles. The molecule has 218 valence electrons. The van der Waals surface area contributed by atoms with E-state index < -0.39 is 23.9 Å². The first-order valence-corrected chi connectivity index (χ1v) is 14.5. The normalized spacial score (nSPS) is 16.2. The van der Waals surface area contributed by atoms with Gasteiger partial charge in [0.1, 0.15) is 6.04 Å². The van der Waals surface area contributed by atoms with E-state index in [2.05, 4.69) is 16.0 Å². The molecule has 0 saturated carbocycles. The molecule has 2 atom stereocenters. The van der Waals surface area contributed by atoms with Crippen LogP contribution in [0.2, 0.25) is 15.1 Å². The van der Waals surface area contributed by atoms with Crippen LogP contribution in [-0.4, -0.2) is 53.0 Å². The molecule has 0 spiro atoms. The van der Waals surface area contributed by atoms with Gasteiger partial charge in [-0.25, -0.2) is 9.59 Å². The third-order valence-corrected chi connectivity index (χ3v) is 8.45. The number of nitrogens with zero attached hydrogens (tertiary/aromatic N) is 1. The first kappa shape index (κ1) is 29.7. The second-order valence-corrected chi connectivity index (χ2v) is 11.4. The molecule has 42 heavy (non-hydrogen) atoms. The van der Waals surface area contributed by atoms with Crippen molar-refractivity contribution >= 4 is 58.6 Å². The predicted molar refractivity (Wildman–Crippen MR) is 159 cm³/mol. The van der Waals surface area contributed by atoms with Gasteiger partial charge in [-0.1, -0.05) is 65.1 Å². The fourth-order valence-corrected chi connectivity index (χ4v) is 6.33. The summed E-state index contributed by atoms with van der Waals surface area (Å²) in [5.41, 5.74) is 3.92. The minimum atomic E-state index is -1.44. The molecule has 4 N–H and O–H groups in total. The number of fused-ring (bicyclic) bond motifs is 2. The van der Waals surface area contributed by atoms with Gasteiger partial charge >= 0.3 is 12.0 Å². The summed E-state index contributed by atoms with van der Waals surface area (Å²) < 4.78 is 0. The minimum absolute atomic E-state index is 0.0167. The van der Waals surface area contributed by atoms with Crippen molar-refractivity contribution in [2.75, 3.05) is 13.1 Å². The minimum Gasteiger partial charge on any atom is -0.480 e. The van der Waals surface area contributed by atoms with E-state index in [9.17, 15) is 24.3 Å². The lowest BCUT2D eigenvalue weighted by Crippen LogP contribution is -2.50. The fourth-order valence-electron chi connectivity index (χ4n) is 5.38. The fraction of sp³-hybridized carbons (Fsp3) is 0.267. The highest BCUT2D eigenvalue weighted by molar-refractivity contribution is 6.40. The number of carboxylic acids is 1. The quantitative estimate of drug-likeness (QED) is 0.292. The number of hydrogen-bond donors (Lipinski definition) is 4. The summed E-state index contributed by atoms with van der Waals surface area (Å²) in [5.74, 6) is -2.32. The molecular weight excluding hydrogens is 603 g/mol. The van der Waals surface area contributed by atoms with Crippen molar-refractivity contribution in [3.63, 3.8) is 0 Å². The van der Waals surface area contributed by atoms with Crippen molar-refractivity contribution in [2.24, 2.45) is 0 Å². The molecular formula is C30H27Cl3N4O5. The van der Waals surface area contributed by atoms with E-state index in [1.807, 2.05) is 24.3 Å². The van der Waals surface area contributed by atoms with Crippen LogP contribution in [0.25, 0.3) is 0 Å². The molecule has 2 aliphatic rings. The Hall–Kier alpha value is -3.79. The molecule has 0 bridgehead atoms.